The van der Waals surface area contributed by atoms with Gasteiger partial charge in [-0.05, 0) is 50.6 Å². The van der Waals surface area contributed by atoms with E-state index < -0.39 is 5.60 Å². The summed E-state index contributed by atoms with van der Waals surface area (Å²) in [5, 5.41) is 3.40. The molecule has 0 aliphatic carbocycles. The lowest BCUT2D eigenvalue weighted by Crippen LogP contribution is -2.39. The highest BCUT2D eigenvalue weighted by atomic mass is 32.1. The van der Waals surface area contributed by atoms with Crippen molar-refractivity contribution in [3.8, 4) is 5.75 Å². The number of rotatable bonds is 5. The molecule has 4 rings (SSSR count). The second-order valence-electron chi connectivity index (χ2n) is 8.79. The number of nitrogens with one attached hydrogen (secondary N) is 1. The summed E-state index contributed by atoms with van der Waals surface area (Å²) in [5.74, 6) is 0.460. The van der Waals surface area contributed by atoms with Gasteiger partial charge in [-0.25, -0.2) is 9.78 Å². The van der Waals surface area contributed by atoms with Gasteiger partial charge in [0.2, 0.25) is 0 Å². The average Bonchev–Trinajstić information content (AvgIpc) is 3.19. The zero-order valence-electron chi connectivity index (χ0n) is 19.0. The van der Waals surface area contributed by atoms with Crippen LogP contribution in [0.4, 0.5) is 9.93 Å². The van der Waals surface area contributed by atoms with Crippen molar-refractivity contribution in [3.05, 3.63) is 76.3 Å². The largest absolute Gasteiger partial charge is 0.489 e. The quantitative estimate of drug-likeness (QED) is 0.555. The Balaban J connectivity index is 1.33. The summed E-state index contributed by atoms with van der Waals surface area (Å²) in [4.78, 5) is 32.2. The van der Waals surface area contributed by atoms with Crippen molar-refractivity contribution in [1.82, 2.24) is 9.88 Å². The van der Waals surface area contributed by atoms with Gasteiger partial charge in [0.1, 0.15) is 18.0 Å². The molecule has 1 aliphatic rings. The topological polar surface area (TPSA) is 80.8 Å². The van der Waals surface area contributed by atoms with Gasteiger partial charge in [-0.1, -0.05) is 41.7 Å². The molecule has 0 saturated heterocycles. The number of aromatic nitrogens is 1. The molecule has 1 N–H and O–H groups in total. The maximum Gasteiger partial charge on any atom is 0.410 e. The summed E-state index contributed by atoms with van der Waals surface area (Å²) in [5.41, 5.74) is 1.98. The SMILES string of the molecule is CC(C)(C)OC(=O)N1CCc2nc(NC(=O)c3ccc(OCc4ccccc4)cc3)sc2C1. The number of hydrogen-bond acceptors (Lipinski definition) is 6. The van der Waals surface area contributed by atoms with Gasteiger partial charge in [0.25, 0.3) is 5.91 Å². The van der Waals surface area contributed by atoms with Gasteiger partial charge in [0, 0.05) is 23.4 Å². The van der Waals surface area contributed by atoms with E-state index in [0.29, 0.717) is 42.6 Å². The lowest BCUT2D eigenvalue weighted by atomic mass is 10.2. The second kappa shape index (κ2) is 9.62. The van der Waals surface area contributed by atoms with Crippen molar-refractivity contribution in [2.75, 3.05) is 11.9 Å². The smallest absolute Gasteiger partial charge is 0.410 e. The van der Waals surface area contributed by atoms with Crippen molar-refractivity contribution in [2.24, 2.45) is 0 Å². The van der Waals surface area contributed by atoms with Crippen LogP contribution in [0.3, 0.4) is 0 Å². The maximum absolute atomic E-state index is 12.7. The normalized spacial score (nSPS) is 13.2. The fourth-order valence-electron chi connectivity index (χ4n) is 3.34. The number of ether oxygens (including phenoxy) is 2. The summed E-state index contributed by atoms with van der Waals surface area (Å²) in [6.07, 6.45) is 0.302. The van der Waals surface area contributed by atoms with Gasteiger partial charge in [-0.3, -0.25) is 10.1 Å². The zero-order chi connectivity index (χ0) is 23.4. The van der Waals surface area contributed by atoms with Crippen LogP contribution >= 0.6 is 11.3 Å². The minimum absolute atomic E-state index is 0.236. The predicted octanol–water partition coefficient (Wildman–Crippen LogP) is 5.27. The van der Waals surface area contributed by atoms with Gasteiger partial charge in [-0.2, -0.15) is 0 Å². The molecule has 0 bridgehead atoms. The lowest BCUT2D eigenvalue weighted by molar-refractivity contribution is 0.0225. The third-order valence-corrected chi connectivity index (χ3v) is 5.97. The highest BCUT2D eigenvalue weighted by Gasteiger charge is 2.28. The molecule has 1 aromatic heterocycles. The van der Waals surface area contributed by atoms with Crippen molar-refractivity contribution < 1.29 is 19.1 Å². The first-order chi connectivity index (χ1) is 15.8. The first-order valence-electron chi connectivity index (χ1n) is 10.8. The Labute approximate surface area is 197 Å². The van der Waals surface area contributed by atoms with Gasteiger partial charge < -0.3 is 14.4 Å². The molecule has 7 nitrogen and oxygen atoms in total. The van der Waals surface area contributed by atoms with Crippen molar-refractivity contribution >= 4 is 28.5 Å². The number of carbonyl (C=O) groups excluding carboxylic acids is 2. The number of benzene rings is 2. The molecule has 1 aliphatic heterocycles. The first kappa shape index (κ1) is 22.8. The number of anilines is 1. The van der Waals surface area contributed by atoms with Gasteiger partial charge >= 0.3 is 6.09 Å². The van der Waals surface area contributed by atoms with Crippen LogP contribution in [0.2, 0.25) is 0 Å². The Bertz CT molecular complexity index is 1120. The first-order valence-corrected chi connectivity index (χ1v) is 11.6. The van der Waals surface area contributed by atoms with Crippen LogP contribution in [0.5, 0.6) is 5.75 Å². The fourth-order valence-corrected chi connectivity index (χ4v) is 4.36. The van der Waals surface area contributed by atoms with E-state index in [1.54, 1.807) is 29.2 Å². The third-order valence-electron chi connectivity index (χ3n) is 4.97. The van der Waals surface area contributed by atoms with Crippen molar-refractivity contribution in [1.29, 1.82) is 0 Å². The summed E-state index contributed by atoms with van der Waals surface area (Å²) < 4.78 is 11.2. The van der Waals surface area contributed by atoms with E-state index in [0.717, 1.165) is 16.1 Å². The molecule has 0 atom stereocenters. The molecule has 0 saturated carbocycles. The summed E-state index contributed by atoms with van der Waals surface area (Å²) in [6, 6.07) is 16.9. The van der Waals surface area contributed by atoms with E-state index in [1.807, 2.05) is 51.1 Å². The molecule has 2 aromatic carbocycles. The monoisotopic (exact) mass is 465 g/mol. The highest BCUT2D eigenvalue weighted by Crippen LogP contribution is 2.29. The Hall–Kier alpha value is -3.39. The van der Waals surface area contributed by atoms with Crippen molar-refractivity contribution in [2.45, 2.75) is 45.9 Å². The van der Waals surface area contributed by atoms with Crippen molar-refractivity contribution in [3.63, 3.8) is 0 Å². The molecule has 0 unspecified atom stereocenters. The van der Waals surface area contributed by atoms with E-state index in [9.17, 15) is 9.59 Å². The fraction of sp³-hybridized carbons (Fsp3) is 0.320. The number of nitrogens with zero attached hydrogens (tertiary/aromatic N) is 2. The van der Waals surface area contributed by atoms with E-state index in [1.165, 1.54) is 11.3 Å². The van der Waals surface area contributed by atoms with E-state index >= 15 is 0 Å². The molecule has 0 spiro atoms. The van der Waals surface area contributed by atoms with Gasteiger partial charge in [0.15, 0.2) is 5.13 Å². The van der Waals surface area contributed by atoms with Crippen LogP contribution in [0.25, 0.3) is 0 Å². The Kier molecular flexibility index (Phi) is 6.65. The number of hydrogen-bond donors (Lipinski definition) is 1. The number of fused-ring (bicyclic) bond motifs is 1. The van der Waals surface area contributed by atoms with Crippen LogP contribution in [0.1, 0.15) is 47.3 Å². The highest BCUT2D eigenvalue weighted by molar-refractivity contribution is 7.15. The second-order valence-corrected chi connectivity index (χ2v) is 9.88. The predicted molar refractivity (Wildman–Crippen MR) is 128 cm³/mol. The standard InChI is InChI=1S/C25H27N3O4S/c1-25(2,3)32-24(30)28-14-13-20-21(15-28)33-23(26-20)27-22(29)18-9-11-19(12-10-18)31-16-17-7-5-4-6-8-17/h4-12H,13-16H2,1-3H3,(H,26,27,29). The molecule has 172 valence electrons. The van der Waals surface area contributed by atoms with Crippen LogP contribution < -0.4 is 10.1 Å². The number of carbonyl (C=O) groups is 2. The maximum atomic E-state index is 12.7. The molecule has 2 heterocycles. The molecular weight excluding hydrogens is 438 g/mol. The van der Waals surface area contributed by atoms with Crippen LogP contribution in [-0.4, -0.2) is 34.0 Å². The minimum atomic E-state index is -0.535. The number of thiazole rings is 1. The third kappa shape index (κ3) is 6.10. The summed E-state index contributed by atoms with van der Waals surface area (Å²) in [6.45, 7) is 7.00. The van der Waals surface area contributed by atoms with Crippen LogP contribution in [0.15, 0.2) is 54.6 Å². The van der Waals surface area contributed by atoms with Gasteiger partial charge in [0.05, 0.1) is 12.2 Å². The van der Waals surface area contributed by atoms with E-state index in [4.69, 9.17) is 9.47 Å². The zero-order valence-corrected chi connectivity index (χ0v) is 19.8. The van der Waals surface area contributed by atoms with E-state index in [2.05, 4.69) is 10.3 Å². The summed E-state index contributed by atoms with van der Waals surface area (Å²) in [7, 11) is 0. The van der Waals surface area contributed by atoms with Gasteiger partial charge in [-0.15, -0.1) is 0 Å². The van der Waals surface area contributed by atoms with Crippen LogP contribution in [-0.2, 0) is 24.3 Å². The van der Waals surface area contributed by atoms with Crippen LogP contribution in [0, 0.1) is 0 Å². The van der Waals surface area contributed by atoms with E-state index in [-0.39, 0.29) is 12.0 Å². The lowest BCUT2D eigenvalue weighted by Gasteiger charge is -2.29. The number of amides is 2. The molecule has 2 amide bonds. The molecule has 0 radical (unpaired) electrons. The average molecular weight is 466 g/mol. The molecule has 0 fully saturated rings. The molecule has 3 aromatic rings. The summed E-state index contributed by atoms with van der Waals surface area (Å²) >= 11 is 1.39. The Morgan fingerprint density at radius 2 is 1.82 bits per heavy atom. The molecule has 8 heteroatoms. The Morgan fingerprint density at radius 3 is 2.52 bits per heavy atom. The molecule has 33 heavy (non-hydrogen) atoms. The molecular formula is C25H27N3O4S. The Morgan fingerprint density at radius 1 is 1.09 bits per heavy atom. The minimum Gasteiger partial charge on any atom is -0.489 e.